The monoisotopic (exact) mass is 463 g/mol. The molecule has 4 rings (SSSR count). The van der Waals surface area contributed by atoms with Crippen molar-refractivity contribution in [2.24, 2.45) is 0 Å². The van der Waals surface area contributed by atoms with E-state index in [0.717, 1.165) is 16.9 Å². The van der Waals surface area contributed by atoms with E-state index in [-0.39, 0.29) is 23.1 Å². The Hall–Kier alpha value is -3.29. The van der Waals surface area contributed by atoms with Crippen molar-refractivity contribution in [1.82, 2.24) is 0 Å². The van der Waals surface area contributed by atoms with E-state index in [4.69, 9.17) is 9.47 Å². The second-order valence-electron chi connectivity index (χ2n) is 7.58. The first-order valence-electron chi connectivity index (χ1n) is 10.6. The number of carbonyl (C=O) groups is 2. The summed E-state index contributed by atoms with van der Waals surface area (Å²) < 4.78 is 10.7. The molecular formula is C26H25NO5S. The molecule has 33 heavy (non-hydrogen) atoms. The number of esters is 1. The van der Waals surface area contributed by atoms with Crippen molar-refractivity contribution in [3.63, 3.8) is 0 Å². The highest BCUT2D eigenvalue weighted by Gasteiger charge is 2.41. The molecule has 0 radical (unpaired) electrons. The first-order chi connectivity index (χ1) is 16.1. The molecule has 1 heterocycles. The molecule has 1 N–H and O–H groups in total. The van der Waals surface area contributed by atoms with Gasteiger partial charge in [0.25, 0.3) is 0 Å². The minimum absolute atomic E-state index is 0.0710. The van der Waals surface area contributed by atoms with E-state index < -0.39 is 5.97 Å². The Morgan fingerprint density at radius 2 is 1.79 bits per heavy atom. The van der Waals surface area contributed by atoms with Gasteiger partial charge >= 0.3 is 5.97 Å². The highest BCUT2D eigenvalue weighted by molar-refractivity contribution is 8.01. The number of hydrogen-bond acceptors (Lipinski definition) is 6. The Morgan fingerprint density at radius 3 is 2.48 bits per heavy atom. The lowest BCUT2D eigenvalue weighted by molar-refractivity contribution is -0.118. The summed E-state index contributed by atoms with van der Waals surface area (Å²) in [7, 11) is 1.33. The van der Waals surface area contributed by atoms with Crippen LogP contribution in [0.15, 0.2) is 78.9 Å². The van der Waals surface area contributed by atoms with Gasteiger partial charge in [-0.15, -0.1) is 11.8 Å². The zero-order valence-corrected chi connectivity index (χ0v) is 19.0. The predicted octanol–water partition coefficient (Wildman–Crippen LogP) is 4.58. The Balaban J connectivity index is 1.57. The molecule has 1 fully saturated rings. The van der Waals surface area contributed by atoms with Crippen LogP contribution < -0.4 is 9.64 Å². The zero-order valence-electron chi connectivity index (χ0n) is 18.2. The second-order valence-corrected chi connectivity index (χ2v) is 8.87. The number of methoxy groups -OCH3 is 1. The molecule has 0 aromatic heterocycles. The van der Waals surface area contributed by atoms with Crippen LogP contribution in [0.5, 0.6) is 5.75 Å². The van der Waals surface area contributed by atoms with E-state index in [1.54, 1.807) is 29.2 Å². The zero-order chi connectivity index (χ0) is 23.2. The lowest BCUT2D eigenvalue weighted by Gasteiger charge is -2.25. The summed E-state index contributed by atoms with van der Waals surface area (Å²) in [4.78, 5) is 26.9. The summed E-state index contributed by atoms with van der Waals surface area (Å²) in [6.45, 7) is 0.403. The molecule has 3 aromatic carbocycles. The maximum atomic E-state index is 13.2. The standard InChI is InChI=1S/C26H25NO5S/c1-31-26(30)20-8-5-9-21(16-20)27-24(29)23(14-15-28)33-25(27)19-10-12-22(13-11-19)32-17-18-6-3-2-4-7-18/h2-13,16,23,25,28H,14-15,17H2,1H3/t23-,25-/m0/s1. The first-order valence-corrected chi connectivity index (χ1v) is 11.6. The first kappa shape index (κ1) is 22.9. The maximum Gasteiger partial charge on any atom is 0.337 e. The molecule has 170 valence electrons. The van der Waals surface area contributed by atoms with E-state index in [9.17, 15) is 14.7 Å². The Labute approximate surface area is 197 Å². The average molecular weight is 464 g/mol. The summed E-state index contributed by atoms with van der Waals surface area (Å²) in [5.41, 5.74) is 3.01. The van der Waals surface area contributed by atoms with E-state index in [1.807, 2.05) is 54.6 Å². The highest BCUT2D eigenvalue weighted by Crippen LogP contribution is 2.47. The van der Waals surface area contributed by atoms with Gasteiger partial charge in [0, 0.05) is 12.3 Å². The number of benzene rings is 3. The third kappa shape index (κ3) is 5.21. The molecule has 0 spiro atoms. The lowest BCUT2D eigenvalue weighted by atomic mass is 10.1. The van der Waals surface area contributed by atoms with Gasteiger partial charge in [-0.2, -0.15) is 0 Å². The van der Waals surface area contributed by atoms with Gasteiger partial charge < -0.3 is 14.6 Å². The Bertz CT molecular complexity index is 1100. The van der Waals surface area contributed by atoms with Crippen LogP contribution in [-0.2, 0) is 16.1 Å². The number of amides is 1. The quantitative estimate of drug-likeness (QED) is 0.493. The van der Waals surface area contributed by atoms with Crippen LogP contribution in [0.4, 0.5) is 5.69 Å². The van der Waals surface area contributed by atoms with Gasteiger partial charge in [0.1, 0.15) is 17.7 Å². The minimum Gasteiger partial charge on any atom is -0.489 e. The van der Waals surface area contributed by atoms with Crippen molar-refractivity contribution in [2.45, 2.75) is 23.7 Å². The lowest BCUT2D eigenvalue weighted by Crippen LogP contribution is -2.31. The highest BCUT2D eigenvalue weighted by atomic mass is 32.2. The fraction of sp³-hybridized carbons (Fsp3) is 0.231. The molecule has 6 nitrogen and oxygen atoms in total. The van der Waals surface area contributed by atoms with Crippen LogP contribution >= 0.6 is 11.8 Å². The molecule has 0 bridgehead atoms. The number of thioether (sulfide) groups is 1. The van der Waals surface area contributed by atoms with Crippen molar-refractivity contribution in [3.8, 4) is 5.75 Å². The van der Waals surface area contributed by atoms with Crippen molar-refractivity contribution in [3.05, 3.63) is 95.6 Å². The van der Waals surface area contributed by atoms with Crippen molar-refractivity contribution < 1.29 is 24.2 Å². The SMILES string of the molecule is COC(=O)c1cccc(N2C(=O)[C@H](CCO)S[C@H]2c2ccc(OCc3ccccc3)cc2)c1. The van der Waals surface area contributed by atoms with Crippen LogP contribution in [0.1, 0.15) is 33.3 Å². The van der Waals surface area contributed by atoms with E-state index in [2.05, 4.69) is 0 Å². The van der Waals surface area contributed by atoms with E-state index in [1.165, 1.54) is 18.9 Å². The topological polar surface area (TPSA) is 76.1 Å². The number of anilines is 1. The normalized spacial score (nSPS) is 17.8. The molecule has 0 unspecified atom stereocenters. The molecule has 1 saturated heterocycles. The largest absolute Gasteiger partial charge is 0.489 e. The van der Waals surface area contributed by atoms with Gasteiger partial charge in [-0.25, -0.2) is 4.79 Å². The average Bonchev–Trinajstić information content (AvgIpc) is 3.19. The molecule has 0 aliphatic carbocycles. The second kappa shape index (κ2) is 10.6. The van der Waals surface area contributed by atoms with Crippen LogP contribution in [0.25, 0.3) is 0 Å². The fourth-order valence-corrected chi connectivity index (χ4v) is 5.16. The van der Waals surface area contributed by atoms with Crippen molar-refractivity contribution in [1.29, 1.82) is 0 Å². The fourth-order valence-electron chi connectivity index (χ4n) is 3.71. The summed E-state index contributed by atoms with van der Waals surface area (Å²) in [6.07, 6.45) is 0.367. The number of aliphatic hydroxyl groups is 1. The molecule has 0 saturated carbocycles. The Kier molecular flexibility index (Phi) is 7.32. The minimum atomic E-state index is -0.459. The van der Waals surface area contributed by atoms with E-state index in [0.29, 0.717) is 24.3 Å². The third-order valence-electron chi connectivity index (χ3n) is 5.39. The van der Waals surface area contributed by atoms with Crippen LogP contribution in [-0.4, -0.2) is 35.9 Å². The van der Waals surface area contributed by atoms with Gasteiger partial charge in [-0.3, -0.25) is 9.69 Å². The van der Waals surface area contributed by atoms with Gasteiger partial charge in [0.15, 0.2) is 0 Å². The number of carbonyl (C=O) groups excluding carboxylic acids is 2. The summed E-state index contributed by atoms with van der Waals surface area (Å²) in [5, 5.41) is 8.78. The van der Waals surface area contributed by atoms with Crippen LogP contribution in [0.3, 0.4) is 0 Å². The predicted molar refractivity (Wildman–Crippen MR) is 128 cm³/mol. The Morgan fingerprint density at radius 1 is 1.03 bits per heavy atom. The van der Waals surface area contributed by atoms with Crippen molar-refractivity contribution >= 4 is 29.3 Å². The molecule has 1 amide bonds. The molecule has 7 heteroatoms. The van der Waals surface area contributed by atoms with Gasteiger partial charge in [0.05, 0.1) is 17.9 Å². The number of ether oxygens (including phenoxy) is 2. The summed E-state index contributed by atoms with van der Waals surface area (Å²) in [5.74, 6) is 0.188. The van der Waals surface area contributed by atoms with Crippen LogP contribution in [0.2, 0.25) is 0 Å². The van der Waals surface area contributed by atoms with Crippen LogP contribution in [0, 0.1) is 0 Å². The van der Waals surface area contributed by atoms with Crippen molar-refractivity contribution in [2.75, 3.05) is 18.6 Å². The van der Waals surface area contributed by atoms with Gasteiger partial charge in [0.2, 0.25) is 5.91 Å². The molecular weight excluding hydrogens is 438 g/mol. The number of nitrogens with zero attached hydrogens (tertiary/aromatic N) is 1. The molecule has 2 atom stereocenters. The molecule has 1 aliphatic heterocycles. The number of aliphatic hydroxyl groups excluding tert-OH is 1. The maximum absolute atomic E-state index is 13.2. The number of rotatable bonds is 8. The smallest absolute Gasteiger partial charge is 0.337 e. The van der Waals surface area contributed by atoms with Gasteiger partial charge in [-0.05, 0) is 47.9 Å². The number of hydrogen-bond donors (Lipinski definition) is 1. The van der Waals surface area contributed by atoms with Gasteiger partial charge in [-0.1, -0.05) is 48.5 Å². The molecule has 3 aromatic rings. The van der Waals surface area contributed by atoms with E-state index >= 15 is 0 Å². The summed E-state index contributed by atoms with van der Waals surface area (Å²) in [6, 6.07) is 24.5. The third-order valence-corrected chi connectivity index (χ3v) is 6.90. The summed E-state index contributed by atoms with van der Waals surface area (Å²) >= 11 is 1.49. The molecule has 1 aliphatic rings.